The number of nitrogens with zero attached hydrogens (tertiary/aromatic N) is 2. The van der Waals surface area contributed by atoms with Crippen LogP contribution in [-0.4, -0.2) is 108 Å². The van der Waals surface area contributed by atoms with Crippen molar-refractivity contribution in [3.8, 4) is 11.5 Å². The maximum Gasteiger partial charge on any atom is 0.257 e. The highest BCUT2D eigenvalue weighted by atomic mass is 32.1. The standard InChI is InChI=1S/C43H47N3O8S2/c1-45(18-7-8-30(47)28-53-31-13-15-39-35(26-31)42(49)33-9-3-5-11-37(33)55-39)20-22-51-24-25-52-23-21-46(2)19-17-44-41(48)29-54-32-14-16-40-36(27-32)43(50)34-10-4-6-12-38(34)56-40/h3-6,9-16,26-27H,7-8,17-25,28-29H2,1-2H3,(H,44,48). The quantitative estimate of drug-likeness (QED) is 0.0650. The van der Waals surface area contributed by atoms with Gasteiger partial charge in [0.25, 0.3) is 5.91 Å². The van der Waals surface area contributed by atoms with Crippen LogP contribution in [0.4, 0.5) is 0 Å². The summed E-state index contributed by atoms with van der Waals surface area (Å²) in [7, 11) is 3.97. The third-order valence-electron chi connectivity index (χ3n) is 9.28. The first-order valence-corrected chi connectivity index (χ1v) is 20.4. The van der Waals surface area contributed by atoms with Crippen LogP contribution >= 0.6 is 22.7 Å². The van der Waals surface area contributed by atoms with Crippen molar-refractivity contribution < 1.29 is 28.5 Å². The number of ketones is 1. The lowest BCUT2D eigenvalue weighted by Crippen LogP contribution is -2.36. The zero-order valence-corrected chi connectivity index (χ0v) is 33.4. The van der Waals surface area contributed by atoms with Gasteiger partial charge in [-0.05, 0) is 87.7 Å². The summed E-state index contributed by atoms with van der Waals surface area (Å²) in [5.74, 6) is 0.796. The number of rotatable bonds is 22. The molecule has 0 aliphatic carbocycles. The molecule has 56 heavy (non-hydrogen) atoms. The molecular weight excluding hydrogens is 751 g/mol. The molecule has 0 unspecified atom stereocenters. The third kappa shape index (κ3) is 11.4. The maximum atomic E-state index is 12.9. The van der Waals surface area contributed by atoms with E-state index in [0.717, 1.165) is 38.3 Å². The molecule has 6 rings (SSSR count). The van der Waals surface area contributed by atoms with E-state index in [1.54, 1.807) is 40.9 Å². The van der Waals surface area contributed by atoms with Gasteiger partial charge in [0.2, 0.25) is 0 Å². The van der Waals surface area contributed by atoms with Crippen molar-refractivity contribution in [1.29, 1.82) is 0 Å². The van der Waals surface area contributed by atoms with Crippen LogP contribution in [0.3, 0.4) is 0 Å². The fourth-order valence-electron chi connectivity index (χ4n) is 6.10. The molecule has 11 nitrogen and oxygen atoms in total. The average Bonchev–Trinajstić information content (AvgIpc) is 3.20. The van der Waals surface area contributed by atoms with Gasteiger partial charge in [-0.3, -0.25) is 19.2 Å². The minimum atomic E-state index is -0.229. The zero-order chi connectivity index (χ0) is 39.3. The molecule has 6 aromatic rings. The van der Waals surface area contributed by atoms with Crippen LogP contribution in [0, 0.1) is 0 Å². The van der Waals surface area contributed by atoms with E-state index in [1.807, 2.05) is 80.8 Å². The topological polar surface area (TPSA) is 124 Å². The smallest absolute Gasteiger partial charge is 0.257 e. The second kappa shape index (κ2) is 20.4. The third-order valence-corrected chi connectivity index (χ3v) is 11.6. The van der Waals surface area contributed by atoms with Crippen molar-refractivity contribution in [2.75, 3.05) is 86.5 Å². The molecule has 294 valence electrons. The molecule has 0 atom stereocenters. The molecule has 0 spiro atoms. The Kier molecular flexibility index (Phi) is 14.9. The molecule has 2 aromatic heterocycles. The SMILES string of the molecule is CN(CCCC(=O)COc1ccc2sc3ccccc3c(=O)c2c1)CCOCCOCCN(C)CCNC(=O)COc1ccc2sc3ccccc3c(=O)c2c1. The largest absolute Gasteiger partial charge is 0.486 e. The lowest BCUT2D eigenvalue weighted by Gasteiger charge is -2.17. The van der Waals surface area contributed by atoms with Crippen LogP contribution in [-0.2, 0) is 19.1 Å². The molecule has 1 N–H and O–H groups in total. The second-order valence-corrected chi connectivity index (χ2v) is 15.7. The van der Waals surface area contributed by atoms with Gasteiger partial charge in [-0.1, -0.05) is 24.3 Å². The van der Waals surface area contributed by atoms with Gasteiger partial charge in [0.05, 0.1) is 26.4 Å². The number of Topliss-reactive ketones (excluding diaryl/α,β-unsaturated/α-hetero) is 1. The van der Waals surface area contributed by atoms with E-state index >= 15 is 0 Å². The Bertz CT molecular complexity index is 2230. The number of carbonyl (C=O) groups is 2. The number of likely N-dealkylation sites (N-methyl/N-ethyl adjacent to an activating group) is 2. The van der Waals surface area contributed by atoms with E-state index in [1.165, 1.54) is 0 Å². The molecule has 13 heteroatoms. The van der Waals surface area contributed by atoms with Crippen molar-refractivity contribution in [1.82, 2.24) is 15.1 Å². The Labute approximate surface area is 333 Å². The highest BCUT2D eigenvalue weighted by Gasteiger charge is 2.11. The predicted octanol–water partition coefficient (Wildman–Crippen LogP) is 5.96. The molecule has 2 heterocycles. The van der Waals surface area contributed by atoms with Crippen LogP contribution in [0.2, 0.25) is 0 Å². The highest BCUT2D eigenvalue weighted by Crippen LogP contribution is 2.28. The van der Waals surface area contributed by atoms with Gasteiger partial charge in [-0.2, -0.15) is 0 Å². The Morgan fingerprint density at radius 1 is 0.589 bits per heavy atom. The first-order valence-electron chi connectivity index (χ1n) is 18.7. The number of hydrogen-bond acceptors (Lipinski definition) is 12. The van der Waals surface area contributed by atoms with Crippen molar-refractivity contribution >= 4 is 74.7 Å². The van der Waals surface area contributed by atoms with Crippen molar-refractivity contribution in [3.63, 3.8) is 0 Å². The minimum absolute atomic E-state index is 0.0178. The van der Waals surface area contributed by atoms with Gasteiger partial charge in [0.1, 0.15) is 18.1 Å². The number of fused-ring (bicyclic) bond motifs is 4. The summed E-state index contributed by atoms with van der Waals surface area (Å²) < 4.78 is 26.5. The van der Waals surface area contributed by atoms with Gasteiger partial charge in [-0.15, -0.1) is 22.7 Å². The summed E-state index contributed by atoms with van der Waals surface area (Å²) in [4.78, 5) is 54.9. The molecule has 0 aliphatic rings. The van der Waals surface area contributed by atoms with Crippen LogP contribution < -0.4 is 25.6 Å². The number of nitrogens with one attached hydrogen (secondary N) is 1. The molecule has 0 bridgehead atoms. The van der Waals surface area contributed by atoms with Crippen LogP contribution in [0.1, 0.15) is 12.8 Å². The normalized spacial score (nSPS) is 11.6. The summed E-state index contributed by atoms with van der Waals surface area (Å²) in [5, 5.41) is 5.44. The van der Waals surface area contributed by atoms with Crippen LogP contribution in [0.5, 0.6) is 11.5 Å². The summed E-state index contributed by atoms with van der Waals surface area (Å²) in [5.41, 5.74) is -0.0615. The first kappa shape index (κ1) is 40.9. The summed E-state index contributed by atoms with van der Waals surface area (Å²) in [6.45, 7) is 5.30. The van der Waals surface area contributed by atoms with Crippen molar-refractivity contribution in [2.45, 2.75) is 12.8 Å². The number of ether oxygens (including phenoxy) is 4. The minimum Gasteiger partial charge on any atom is -0.486 e. The van der Waals surface area contributed by atoms with E-state index < -0.39 is 0 Å². The monoisotopic (exact) mass is 797 g/mol. The van der Waals surface area contributed by atoms with Crippen molar-refractivity contribution in [2.24, 2.45) is 0 Å². The fraction of sp³-hybridized carbons (Fsp3) is 0.349. The molecule has 1 amide bonds. The highest BCUT2D eigenvalue weighted by molar-refractivity contribution is 7.24. The van der Waals surface area contributed by atoms with Crippen LogP contribution in [0.25, 0.3) is 40.3 Å². The number of hydrogen-bond donors (Lipinski definition) is 1. The Balaban J connectivity index is 0.752. The van der Waals surface area contributed by atoms with Crippen LogP contribution in [0.15, 0.2) is 94.5 Å². The molecule has 0 aliphatic heterocycles. The van der Waals surface area contributed by atoms with Crippen molar-refractivity contribution in [3.05, 3.63) is 105 Å². The predicted molar refractivity (Wildman–Crippen MR) is 226 cm³/mol. The zero-order valence-electron chi connectivity index (χ0n) is 31.8. The lowest BCUT2D eigenvalue weighted by molar-refractivity contribution is -0.123. The van der Waals surface area contributed by atoms with E-state index in [0.29, 0.717) is 85.5 Å². The molecule has 0 radical (unpaired) electrons. The van der Waals surface area contributed by atoms with Gasteiger partial charge < -0.3 is 34.1 Å². The second-order valence-electron chi connectivity index (χ2n) is 13.6. The number of carbonyl (C=O) groups excluding carboxylic acids is 2. The average molecular weight is 798 g/mol. The molecule has 0 fully saturated rings. The van der Waals surface area contributed by atoms with E-state index in [2.05, 4.69) is 15.1 Å². The van der Waals surface area contributed by atoms with Gasteiger partial charge in [-0.25, -0.2) is 0 Å². The fourth-order valence-corrected chi connectivity index (χ4v) is 8.20. The van der Waals surface area contributed by atoms with Gasteiger partial charge in [0.15, 0.2) is 23.2 Å². The molecule has 4 aromatic carbocycles. The van der Waals surface area contributed by atoms with Gasteiger partial charge in [0, 0.05) is 72.9 Å². The first-order chi connectivity index (χ1) is 27.2. The van der Waals surface area contributed by atoms with E-state index in [-0.39, 0.29) is 35.8 Å². The number of amides is 1. The molecule has 0 saturated carbocycles. The maximum absolute atomic E-state index is 12.9. The summed E-state index contributed by atoms with van der Waals surface area (Å²) in [6, 6.07) is 25.9. The number of benzene rings is 4. The molecule has 0 saturated heterocycles. The Hall–Kier alpha value is -4.76. The summed E-state index contributed by atoms with van der Waals surface area (Å²) in [6.07, 6.45) is 1.13. The lowest BCUT2D eigenvalue weighted by atomic mass is 10.2. The van der Waals surface area contributed by atoms with Gasteiger partial charge >= 0.3 is 0 Å². The van der Waals surface area contributed by atoms with E-state index in [9.17, 15) is 19.2 Å². The molecular formula is C43H47N3O8S2. The summed E-state index contributed by atoms with van der Waals surface area (Å²) >= 11 is 3.12. The Morgan fingerprint density at radius 3 is 1.66 bits per heavy atom. The van der Waals surface area contributed by atoms with E-state index in [4.69, 9.17) is 18.9 Å². The Morgan fingerprint density at radius 2 is 1.09 bits per heavy atom.